The molecule has 0 atom stereocenters. The molecule has 2 rings (SSSR count). The number of nitriles is 1. The Bertz CT molecular complexity index is 431. The van der Waals surface area contributed by atoms with Crippen molar-refractivity contribution in [2.24, 2.45) is 5.92 Å². The van der Waals surface area contributed by atoms with Crippen molar-refractivity contribution in [1.82, 2.24) is 5.32 Å². The van der Waals surface area contributed by atoms with Gasteiger partial charge in [-0.2, -0.15) is 5.26 Å². The van der Waals surface area contributed by atoms with Crippen molar-refractivity contribution in [3.8, 4) is 6.07 Å². The number of nitrogens with one attached hydrogen (secondary N) is 1. The molecule has 1 saturated carbocycles. The van der Waals surface area contributed by atoms with Gasteiger partial charge < -0.3 is 5.32 Å². The van der Waals surface area contributed by atoms with Crippen LogP contribution in [0.3, 0.4) is 0 Å². The van der Waals surface area contributed by atoms with Crippen LogP contribution in [0.5, 0.6) is 0 Å². The van der Waals surface area contributed by atoms with Crippen LogP contribution in [0.1, 0.15) is 43.2 Å². The molecule has 0 radical (unpaired) electrons. The Balaban J connectivity index is 1.74. The summed E-state index contributed by atoms with van der Waals surface area (Å²) >= 11 is 0. The van der Waals surface area contributed by atoms with Crippen LogP contribution in [0.25, 0.3) is 0 Å². The predicted octanol–water partition coefficient (Wildman–Crippen LogP) is 3.37. The monoisotopic (exact) mass is 246 g/mol. The summed E-state index contributed by atoms with van der Waals surface area (Å²) in [6, 6.07) is 6.59. The molecule has 0 aliphatic heterocycles. The van der Waals surface area contributed by atoms with Crippen LogP contribution in [0.15, 0.2) is 18.2 Å². The molecule has 0 unspecified atom stereocenters. The Morgan fingerprint density at radius 1 is 1.33 bits per heavy atom. The zero-order valence-electron chi connectivity index (χ0n) is 10.6. The Morgan fingerprint density at radius 3 is 2.78 bits per heavy atom. The maximum Gasteiger partial charge on any atom is 0.129 e. The maximum atomic E-state index is 13.6. The molecule has 96 valence electrons. The lowest BCUT2D eigenvalue weighted by Gasteiger charge is -2.10. The lowest BCUT2D eigenvalue weighted by molar-refractivity contribution is 0.474. The normalized spacial score (nSPS) is 15.8. The summed E-state index contributed by atoms with van der Waals surface area (Å²) in [5.74, 6) is 0.575. The minimum atomic E-state index is -0.289. The van der Waals surface area contributed by atoms with Gasteiger partial charge in [0.05, 0.1) is 11.6 Å². The summed E-state index contributed by atoms with van der Waals surface area (Å²) in [4.78, 5) is 0. The zero-order valence-corrected chi connectivity index (χ0v) is 10.6. The summed E-state index contributed by atoms with van der Waals surface area (Å²) in [5, 5.41) is 11.9. The van der Waals surface area contributed by atoms with Crippen molar-refractivity contribution >= 4 is 0 Å². The molecule has 0 heterocycles. The lowest BCUT2D eigenvalue weighted by Crippen LogP contribution is -2.17. The van der Waals surface area contributed by atoms with Gasteiger partial charge in [-0.3, -0.25) is 0 Å². The molecular formula is C15H19FN2. The fourth-order valence-electron chi connectivity index (χ4n) is 2.59. The SMILES string of the molecule is N#Cc1ccc(CNCCC2CCCC2)c(F)c1. The smallest absolute Gasteiger partial charge is 0.129 e. The highest BCUT2D eigenvalue weighted by Gasteiger charge is 2.14. The van der Waals surface area contributed by atoms with E-state index in [0.29, 0.717) is 17.7 Å². The second-order valence-corrected chi connectivity index (χ2v) is 5.03. The van der Waals surface area contributed by atoms with Gasteiger partial charge in [-0.05, 0) is 31.0 Å². The van der Waals surface area contributed by atoms with E-state index in [1.54, 1.807) is 12.1 Å². The average molecular weight is 246 g/mol. The summed E-state index contributed by atoms with van der Waals surface area (Å²) in [5.41, 5.74) is 1.02. The second-order valence-electron chi connectivity index (χ2n) is 5.03. The molecule has 3 heteroatoms. The number of rotatable bonds is 5. The Hall–Kier alpha value is -1.40. The van der Waals surface area contributed by atoms with E-state index < -0.39 is 0 Å². The van der Waals surface area contributed by atoms with Gasteiger partial charge in [0.15, 0.2) is 0 Å². The van der Waals surface area contributed by atoms with Gasteiger partial charge in [0.25, 0.3) is 0 Å². The van der Waals surface area contributed by atoms with Crippen LogP contribution >= 0.6 is 0 Å². The second kappa shape index (κ2) is 6.51. The molecule has 0 bridgehead atoms. The van der Waals surface area contributed by atoms with E-state index in [1.807, 2.05) is 6.07 Å². The van der Waals surface area contributed by atoms with Crippen LogP contribution in [-0.2, 0) is 6.54 Å². The van der Waals surface area contributed by atoms with E-state index in [-0.39, 0.29) is 5.82 Å². The van der Waals surface area contributed by atoms with Gasteiger partial charge >= 0.3 is 0 Å². The average Bonchev–Trinajstić information content (AvgIpc) is 2.89. The predicted molar refractivity (Wildman–Crippen MR) is 69.4 cm³/mol. The number of nitrogens with zero attached hydrogens (tertiary/aromatic N) is 1. The summed E-state index contributed by atoms with van der Waals surface area (Å²) in [7, 11) is 0. The van der Waals surface area contributed by atoms with Gasteiger partial charge in [0.1, 0.15) is 5.82 Å². The van der Waals surface area contributed by atoms with Gasteiger partial charge in [-0.1, -0.05) is 31.7 Å². The number of hydrogen-bond acceptors (Lipinski definition) is 2. The minimum Gasteiger partial charge on any atom is -0.313 e. The molecule has 0 spiro atoms. The third-order valence-corrected chi connectivity index (χ3v) is 3.70. The van der Waals surface area contributed by atoms with Crippen molar-refractivity contribution < 1.29 is 4.39 Å². The first kappa shape index (κ1) is 13.0. The van der Waals surface area contributed by atoms with E-state index >= 15 is 0 Å². The topological polar surface area (TPSA) is 35.8 Å². The van der Waals surface area contributed by atoms with E-state index in [9.17, 15) is 4.39 Å². The third kappa shape index (κ3) is 3.54. The van der Waals surface area contributed by atoms with Crippen molar-refractivity contribution in [3.05, 3.63) is 35.1 Å². The van der Waals surface area contributed by atoms with Crippen molar-refractivity contribution in [2.45, 2.75) is 38.6 Å². The molecule has 0 saturated heterocycles. The van der Waals surface area contributed by atoms with Crippen LogP contribution in [0.2, 0.25) is 0 Å². The van der Waals surface area contributed by atoms with Crippen molar-refractivity contribution in [3.63, 3.8) is 0 Å². The zero-order chi connectivity index (χ0) is 12.8. The van der Waals surface area contributed by atoms with E-state index in [0.717, 1.165) is 12.5 Å². The third-order valence-electron chi connectivity index (χ3n) is 3.70. The van der Waals surface area contributed by atoms with Crippen LogP contribution in [-0.4, -0.2) is 6.54 Å². The Morgan fingerprint density at radius 2 is 2.11 bits per heavy atom. The quantitative estimate of drug-likeness (QED) is 0.808. The van der Waals surface area contributed by atoms with Crippen LogP contribution in [0.4, 0.5) is 4.39 Å². The van der Waals surface area contributed by atoms with E-state index in [1.165, 1.54) is 38.2 Å². The molecule has 1 aromatic carbocycles. The standard InChI is InChI=1S/C15H19FN2/c16-15-9-13(10-17)5-6-14(15)11-18-8-7-12-3-1-2-4-12/h5-6,9,12,18H,1-4,7-8,11H2. The number of benzene rings is 1. The number of hydrogen-bond donors (Lipinski definition) is 1. The first-order valence-corrected chi connectivity index (χ1v) is 6.69. The molecule has 18 heavy (non-hydrogen) atoms. The van der Waals surface area contributed by atoms with Gasteiger partial charge in [0.2, 0.25) is 0 Å². The van der Waals surface area contributed by atoms with Gasteiger partial charge in [-0.25, -0.2) is 4.39 Å². The first-order valence-electron chi connectivity index (χ1n) is 6.69. The molecule has 1 N–H and O–H groups in total. The lowest BCUT2D eigenvalue weighted by atomic mass is 10.0. The fraction of sp³-hybridized carbons (Fsp3) is 0.533. The molecule has 0 aromatic heterocycles. The highest BCUT2D eigenvalue weighted by molar-refractivity contribution is 5.32. The molecule has 1 fully saturated rings. The van der Waals surface area contributed by atoms with Gasteiger partial charge in [0, 0.05) is 12.1 Å². The fourth-order valence-corrected chi connectivity index (χ4v) is 2.59. The largest absolute Gasteiger partial charge is 0.313 e. The number of halogens is 1. The van der Waals surface area contributed by atoms with Crippen LogP contribution in [0, 0.1) is 23.1 Å². The highest BCUT2D eigenvalue weighted by Crippen LogP contribution is 2.26. The molecule has 1 aromatic rings. The molecule has 2 nitrogen and oxygen atoms in total. The first-order chi connectivity index (χ1) is 8.79. The maximum absolute atomic E-state index is 13.6. The van der Waals surface area contributed by atoms with Gasteiger partial charge in [-0.15, -0.1) is 0 Å². The van der Waals surface area contributed by atoms with Crippen molar-refractivity contribution in [1.29, 1.82) is 5.26 Å². The Kier molecular flexibility index (Phi) is 4.72. The molecule has 0 amide bonds. The summed E-state index contributed by atoms with van der Waals surface area (Å²) in [6.45, 7) is 1.49. The molecular weight excluding hydrogens is 227 g/mol. The highest BCUT2D eigenvalue weighted by atomic mass is 19.1. The van der Waals surface area contributed by atoms with E-state index in [4.69, 9.17) is 5.26 Å². The van der Waals surface area contributed by atoms with Crippen molar-refractivity contribution in [2.75, 3.05) is 6.54 Å². The molecule has 1 aliphatic carbocycles. The van der Waals surface area contributed by atoms with E-state index in [2.05, 4.69) is 5.32 Å². The summed E-state index contributed by atoms with van der Waals surface area (Å²) < 4.78 is 13.6. The molecule has 1 aliphatic rings. The Labute approximate surface area is 108 Å². The summed E-state index contributed by atoms with van der Waals surface area (Å²) in [6.07, 6.45) is 6.64. The van der Waals surface area contributed by atoms with Crippen LogP contribution < -0.4 is 5.32 Å². The minimum absolute atomic E-state index is 0.289.